The first-order valence-corrected chi connectivity index (χ1v) is 11.9. The van der Waals surface area contributed by atoms with Crippen molar-refractivity contribution in [1.82, 2.24) is 4.31 Å². The van der Waals surface area contributed by atoms with Crippen LogP contribution in [0.4, 0.5) is 5.69 Å². The first-order valence-electron chi connectivity index (χ1n) is 10.0. The van der Waals surface area contributed by atoms with Gasteiger partial charge in [0, 0.05) is 30.2 Å². The van der Waals surface area contributed by atoms with Gasteiger partial charge in [-0.1, -0.05) is 24.1 Å². The molecule has 1 heterocycles. The number of sulfonamides is 1. The summed E-state index contributed by atoms with van der Waals surface area (Å²) in [5, 5.41) is 3.45. The van der Waals surface area contributed by atoms with E-state index < -0.39 is 10.0 Å². The largest absolute Gasteiger partial charge is 0.496 e. The molecule has 0 aromatic heterocycles. The lowest BCUT2D eigenvalue weighted by molar-refractivity contribution is -0.116. The van der Waals surface area contributed by atoms with Crippen LogP contribution in [0.5, 0.6) is 5.75 Å². The molecule has 1 N–H and O–H groups in total. The van der Waals surface area contributed by atoms with E-state index in [1.807, 2.05) is 6.92 Å². The van der Waals surface area contributed by atoms with E-state index >= 15 is 0 Å². The Bertz CT molecular complexity index is 1020. The first-order chi connectivity index (χ1) is 14.3. The zero-order chi connectivity index (χ0) is 21.7. The topological polar surface area (TPSA) is 75.7 Å². The number of methoxy groups -OCH3 is 1. The van der Waals surface area contributed by atoms with Gasteiger partial charge in [0.05, 0.1) is 12.0 Å². The van der Waals surface area contributed by atoms with Crippen molar-refractivity contribution in [3.63, 3.8) is 0 Å². The number of rotatable bonds is 7. The van der Waals surface area contributed by atoms with Crippen molar-refractivity contribution in [2.75, 3.05) is 25.5 Å². The number of anilines is 1. The lowest BCUT2D eigenvalue weighted by atomic mass is 10.1. The van der Waals surface area contributed by atoms with Gasteiger partial charge in [0.15, 0.2) is 0 Å². The van der Waals surface area contributed by atoms with Crippen molar-refractivity contribution in [3.05, 3.63) is 52.5 Å². The van der Waals surface area contributed by atoms with E-state index in [1.54, 1.807) is 36.4 Å². The zero-order valence-corrected chi connectivity index (χ0v) is 18.9. The number of hydrogen-bond donors (Lipinski definition) is 1. The molecule has 1 fully saturated rings. The van der Waals surface area contributed by atoms with E-state index in [9.17, 15) is 13.2 Å². The molecule has 0 radical (unpaired) electrons. The van der Waals surface area contributed by atoms with Gasteiger partial charge in [0.1, 0.15) is 5.75 Å². The summed E-state index contributed by atoms with van der Waals surface area (Å²) in [5.41, 5.74) is 2.16. The summed E-state index contributed by atoms with van der Waals surface area (Å²) in [6.07, 6.45) is 3.37. The van der Waals surface area contributed by atoms with Gasteiger partial charge < -0.3 is 10.1 Å². The molecule has 8 heteroatoms. The van der Waals surface area contributed by atoms with Crippen LogP contribution >= 0.6 is 11.6 Å². The van der Waals surface area contributed by atoms with E-state index in [-0.39, 0.29) is 17.2 Å². The lowest BCUT2D eigenvalue weighted by Crippen LogP contribution is -2.35. The first kappa shape index (κ1) is 22.6. The third kappa shape index (κ3) is 5.14. The molecule has 0 spiro atoms. The molecule has 0 atom stereocenters. The number of carbonyl (C=O) groups is 1. The number of piperidine rings is 1. The number of ether oxygens (including phenoxy) is 1. The summed E-state index contributed by atoms with van der Waals surface area (Å²) in [6, 6.07) is 10.2. The molecule has 0 saturated carbocycles. The summed E-state index contributed by atoms with van der Waals surface area (Å²) in [4.78, 5) is 12.7. The van der Waals surface area contributed by atoms with Crippen LogP contribution in [-0.2, 0) is 21.2 Å². The fourth-order valence-electron chi connectivity index (χ4n) is 3.57. The molecule has 3 rings (SSSR count). The highest BCUT2D eigenvalue weighted by atomic mass is 35.5. The predicted octanol–water partition coefficient (Wildman–Crippen LogP) is 4.40. The van der Waals surface area contributed by atoms with E-state index in [4.69, 9.17) is 16.3 Å². The summed E-state index contributed by atoms with van der Waals surface area (Å²) in [5.74, 6) is 0.394. The van der Waals surface area contributed by atoms with Crippen LogP contribution in [0.2, 0.25) is 5.02 Å². The molecule has 2 aromatic rings. The second kappa shape index (κ2) is 9.81. The zero-order valence-electron chi connectivity index (χ0n) is 17.3. The van der Waals surface area contributed by atoms with E-state index in [2.05, 4.69) is 5.32 Å². The highest BCUT2D eigenvalue weighted by molar-refractivity contribution is 7.89. The van der Waals surface area contributed by atoms with Gasteiger partial charge in [-0.3, -0.25) is 4.79 Å². The maximum absolute atomic E-state index is 13.0. The smallest absolute Gasteiger partial charge is 0.243 e. The van der Waals surface area contributed by atoms with Crippen LogP contribution in [0, 0.1) is 6.92 Å². The molecule has 1 amide bonds. The molecule has 2 aromatic carbocycles. The molecule has 162 valence electrons. The predicted molar refractivity (Wildman–Crippen MR) is 119 cm³/mol. The highest BCUT2D eigenvalue weighted by Gasteiger charge is 2.26. The molecular weight excluding hydrogens is 424 g/mol. The monoisotopic (exact) mass is 450 g/mol. The molecule has 0 unspecified atom stereocenters. The molecule has 30 heavy (non-hydrogen) atoms. The molecule has 0 bridgehead atoms. The summed E-state index contributed by atoms with van der Waals surface area (Å²) < 4.78 is 32.9. The minimum Gasteiger partial charge on any atom is -0.496 e. The number of benzene rings is 2. The van der Waals surface area contributed by atoms with Gasteiger partial charge in [-0.25, -0.2) is 8.42 Å². The maximum atomic E-state index is 13.0. The number of nitrogens with one attached hydrogen (secondary N) is 1. The molecule has 1 aliphatic heterocycles. The van der Waals surface area contributed by atoms with Gasteiger partial charge in [0.2, 0.25) is 15.9 Å². The van der Waals surface area contributed by atoms with Crippen molar-refractivity contribution in [2.45, 2.75) is 43.9 Å². The Hall–Kier alpha value is -2.09. The number of nitrogens with zero attached hydrogens (tertiary/aromatic N) is 1. The highest BCUT2D eigenvalue weighted by Crippen LogP contribution is 2.28. The molecular formula is C22H27ClN2O4S. The average molecular weight is 451 g/mol. The number of hydrogen-bond acceptors (Lipinski definition) is 4. The van der Waals surface area contributed by atoms with E-state index in [0.717, 1.165) is 24.8 Å². The van der Waals surface area contributed by atoms with Gasteiger partial charge in [-0.2, -0.15) is 4.31 Å². The van der Waals surface area contributed by atoms with Gasteiger partial charge in [0.25, 0.3) is 0 Å². The van der Waals surface area contributed by atoms with Crippen molar-refractivity contribution in [3.8, 4) is 5.75 Å². The lowest BCUT2D eigenvalue weighted by Gasteiger charge is -2.26. The standard InChI is InChI=1S/C22H27ClN2O4S/c1-16-19(23)7-6-8-20(16)24-22(26)12-9-17-15-18(10-11-21(17)29-2)30(27,28)25-13-4-3-5-14-25/h6-8,10-11,15H,3-5,9,12-14H2,1-2H3,(H,24,26). The Morgan fingerprint density at radius 3 is 2.60 bits per heavy atom. The van der Waals surface area contributed by atoms with Crippen LogP contribution in [0.25, 0.3) is 0 Å². The Morgan fingerprint density at radius 1 is 1.17 bits per heavy atom. The molecule has 0 aliphatic carbocycles. The minimum atomic E-state index is -3.54. The van der Waals surface area contributed by atoms with Gasteiger partial charge >= 0.3 is 0 Å². The summed E-state index contributed by atoms with van der Waals surface area (Å²) >= 11 is 6.11. The van der Waals surface area contributed by atoms with Crippen LogP contribution in [0.3, 0.4) is 0 Å². The Balaban J connectivity index is 1.74. The average Bonchev–Trinajstić information content (AvgIpc) is 2.76. The van der Waals surface area contributed by atoms with Gasteiger partial charge in [-0.15, -0.1) is 0 Å². The van der Waals surface area contributed by atoms with Crippen LogP contribution in [0.1, 0.15) is 36.8 Å². The van der Waals surface area contributed by atoms with Crippen LogP contribution < -0.4 is 10.1 Å². The number of halogens is 1. The van der Waals surface area contributed by atoms with Gasteiger partial charge in [-0.05, 0) is 67.6 Å². The minimum absolute atomic E-state index is 0.174. The molecule has 6 nitrogen and oxygen atoms in total. The van der Waals surface area contributed by atoms with E-state index in [0.29, 0.717) is 41.5 Å². The van der Waals surface area contributed by atoms with Crippen LogP contribution in [0.15, 0.2) is 41.3 Å². The van der Waals surface area contributed by atoms with Crippen molar-refractivity contribution in [1.29, 1.82) is 0 Å². The van der Waals surface area contributed by atoms with Crippen LogP contribution in [-0.4, -0.2) is 38.8 Å². The van der Waals surface area contributed by atoms with Crippen molar-refractivity contribution < 1.29 is 17.9 Å². The van der Waals surface area contributed by atoms with E-state index in [1.165, 1.54) is 11.4 Å². The fraction of sp³-hybridized carbons (Fsp3) is 0.409. The Morgan fingerprint density at radius 2 is 1.90 bits per heavy atom. The third-order valence-electron chi connectivity index (χ3n) is 5.37. The second-order valence-corrected chi connectivity index (χ2v) is 9.74. The fourth-order valence-corrected chi connectivity index (χ4v) is 5.31. The second-order valence-electron chi connectivity index (χ2n) is 7.40. The van der Waals surface area contributed by atoms with Crippen molar-refractivity contribution in [2.24, 2.45) is 0 Å². The Labute approximate surface area is 183 Å². The molecule has 1 saturated heterocycles. The summed E-state index contributed by atoms with van der Waals surface area (Å²) in [7, 11) is -2.01. The quantitative estimate of drug-likeness (QED) is 0.678. The third-order valence-corrected chi connectivity index (χ3v) is 7.67. The maximum Gasteiger partial charge on any atom is 0.243 e. The van der Waals surface area contributed by atoms with Crippen molar-refractivity contribution >= 4 is 33.2 Å². The Kier molecular flexibility index (Phi) is 7.39. The summed E-state index contributed by atoms with van der Waals surface area (Å²) in [6.45, 7) is 2.94. The molecule has 1 aliphatic rings. The number of amides is 1. The SMILES string of the molecule is COc1ccc(S(=O)(=O)N2CCCCC2)cc1CCC(=O)Nc1cccc(Cl)c1C. The number of carbonyl (C=O) groups excluding carboxylic acids is 1. The number of aryl methyl sites for hydroxylation is 1. The normalized spacial score (nSPS) is 15.0.